The Morgan fingerprint density at radius 3 is 2.33 bits per heavy atom. The molecule has 0 spiro atoms. The van der Waals surface area contributed by atoms with Crippen molar-refractivity contribution in [2.75, 3.05) is 0 Å². The Balaban J connectivity index is 2.07. The molecule has 1 heterocycles. The number of rotatable bonds is 2. The van der Waals surface area contributed by atoms with Crippen molar-refractivity contribution in [1.29, 1.82) is 0 Å². The molecule has 3 aromatic carbocycles. The number of nitro benzene ring substituents is 1. The zero-order chi connectivity index (χ0) is 16.8. The fraction of sp³-hybridized carbons (Fsp3) is 0. The van der Waals surface area contributed by atoms with Crippen molar-refractivity contribution >= 4 is 28.3 Å². The van der Waals surface area contributed by atoms with Crippen LogP contribution < -0.4 is 5.32 Å². The Labute approximate surface area is 135 Å². The zero-order valence-electron chi connectivity index (χ0n) is 12.3. The molecule has 1 N–H and O–H groups in total. The summed E-state index contributed by atoms with van der Waals surface area (Å²) in [6, 6.07) is 15.5. The van der Waals surface area contributed by atoms with Crippen molar-refractivity contribution < 1.29 is 14.5 Å². The quantitative estimate of drug-likeness (QED) is 0.446. The predicted molar refractivity (Wildman–Crippen MR) is 87.8 cm³/mol. The predicted octanol–water partition coefficient (Wildman–Crippen LogP) is 3.30. The van der Waals surface area contributed by atoms with E-state index in [1.54, 1.807) is 12.1 Å². The van der Waals surface area contributed by atoms with E-state index >= 15 is 0 Å². The Kier molecular flexibility index (Phi) is 2.93. The zero-order valence-corrected chi connectivity index (χ0v) is 12.3. The summed E-state index contributed by atoms with van der Waals surface area (Å²) in [7, 11) is 0. The Hall–Kier alpha value is -3.54. The standard InChI is InChI=1S/C18H10N2O4/c21-17-13-7-8-14(20(23)24)15(16(13)18(22)19-17)12-6-5-10-3-1-2-4-11(10)9-12/h1-9H,(H,19,21,22). The largest absolute Gasteiger partial charge is 0.288 e. The Morgan fingerprint density at radius 2 is 1.58 bits per heavy atom. The molecule has 24 heavy (non-hydrogen) atoms. The maximum atomic E-state index is 12.2. The third kappa shape index (κ3) is 1.97. The van der Waals surface area contributed by atoms with Crippen molar-refractivity contribution in [2.45, 2.75) is 0 Å². The van der Waals surface area contributed by atoms with E-state index in [9.17, 15) is 19.7 Å². The van der Waals surface area contributed by atoms with Gasteiger partial charge in [0, 0.05) is 6.07 Å². The molecule has 0 aromatic heterocycles. The van der Waals surface area contributed by atoms with Crippen LogP contribution in [0.3, 0.4) is 0 Å². The van der Waals surface area contributed by atoms with Crippen molar-refractivity contribution in [3.05, 3.63) is 75.8 Å². The van der Waals surface area contributed by atoms with Gasteiger partial charge in [-0.05, 0) is 28.5 Å². The molecule has 0 bridgehead atoms. The number of hydrogen-bond donors (Lipinski definition) is 1. The van der Waals surface area contributed by atoms with Gasteiger partial charge in [0.15, 0.2) is 0 Å². The summed E-state index contributed by atoms with van der Waals surface area (Å²) in [5, 5.41) is 15.5. The molecule has 1 aliphatic heterocycles. The highest BCUT2D eigenvalue weighted by Crippen LogP contribution is 2.38. The molecule has 4 rings (SSSR count). The smallest absolute Gasteiger partial charge is 0.278 e. The van der Waals surface area contributed by atoms with Gasteiger partial charge in [-0.15, -0.1) is 0 Å². The maximum Gasteiger partial charge on any atom is 0.278 e. The van der Waals surface area contributed by atoms with Gasteiger partial charge in [0.25, 0.3) is 17.5 Å². The van der Waals surface area contributed by atoms with E-state index in [2.05, 4.69) is 5.32 Å². The third-order valence-corrected chi connectivity index (χ3v) is 4.12. The maximum absolute atomic E-state index is 12.2. The van der Waals surface area contributed by atoms with Crippen LogP contribution in [0.1, 0.15) is 20.7 Å². The molecule has 6 nitrogen and oxygen atoms in total. The second kappa shape index (κ2) is 4.99. The van der Waals surface area contributed by atoms with Gasteiger partial charge in [0.2, 0.25) is 0 Å². The normalized spacial score (nSPS) is 13.0. The van der Waals surface area contributed by atoms with Gasteiger partial charge in [-0.25, -0.2) is 0 Å². The number of carbonyl (C=O) groups is 2. The lowest BCUT2D eigenvalue weighted by atomic mass is 9.93. The summed E-state index contributed by atoms with van der Waals surface area (Å²) in [5.41, 5.74) is 0.723. The minimum Gasteiger partial charge on any atom is -0.288 e. The number of amides is 2. The topological polar surface area (TPSA) is 89.3 Å². The number of hydrogen-bond acceptors (Lipinski definition) is 4. The molecule has 0 saturated carbocycles. The van der Waals surface area contributed by atoms with Crippen molar-refractivity contribution in [1.82, 2.24) is 5.32 Å². The van der Waals surface area contributed by atoms with Gasteiger partial charge in [0.05, 0.1) is 21.6 Å². The summed E-state index contributed by atoms with van der Waals surface area (Å²) in [4.78, 5) is 34.9. The number of carbonyl (C=O) groups excluding carboxylic acids is 2. The highest BCUT2D eigenvalue weighted by atomic mass is 16.6. The number of benzene rings is 3. The summed E-state index contributed by atoms with van der Waals surface area (Å²) in [6.45, 7) is 0. The van der Waals surface area contributed by atoms with E-state index in [1.807, 2.05) is 30.3 Å². The highest BCUT2D eigenvalue weighted by Gasteiger charge is 2.34. The Bertz CT molecular complexity index is 1060. The van der Waals surface area contributed by atoms with Gasteiger partial charge >= 0.3 is 0 Å². The van der Waals surface area contributed by atoms with E-state index < -0.39 is 16.7 Å². The van der Waals surface area contributed by atoms with Crippen LogP contribution in [0, 0.1) is 10.1 Å². The molecule has 0 saturated heterocycles. The highest BCUT2D eigenvalue weighted by molar-refractivity contribution is 6.25. The van der Waals surface area contributed by atoms with Crippen molar-refractivity contribution in [3.63, 3.8) is 0 Å². The number of fused-ring (bicyclic) bond motifs is 2. The van der Waals surface area contributed by atoms with Crippen LogP contribution in [0.2, 0.25) is 0 Å². The first-order valence-electron chi connectivity index (χ1n) is 7.22. The van der Waals surface area contributed by atoms with Gasteiger partial charge in [-0.3, -0.25) is 25.0 Å². The molecule has 0 aliphatic carbocycles. The first-order valence-corrected chi connectivity index (χ1v) is 7.22. The molecule has 0 atom stereocenters. The van der Waals surface area contributed by atoms with Gasteiger partial charge < -0.3 is 0 Å². The summed E-state index contributed by atoms with van der Waals surface area (Å²) >= 11 is 0. The molecule has 0 unspecified atom stereocenters. The molecule has 0 fully saturated rings. The second-order valence-corrected chi connectivity index (χ2v) is 5.48. The fourth-order valence-electron chi connectivity index (χ4n) is 3.04. The van der Waals surface area contributed by atoms with E-state index in [1.165, 1.54) is 12.1 Å². The molecular formula is C18H10N2O4. The molecular weight excluding hydrogens is 308 g/mol. The van der Waals surface area contributed by atoms with E-state index in [0.29, 0.717) is 5.56 Å². The molecule has 1 aliphatic rings. The van der Waals surface area contributed by atoms with Crippen molar-refractivity contribution in [3.8, 4) is 11.1 Å². The molecule has 2 amide bonds. The van der Waals surface area contributed by atoms with Gasteiger partial charge in [0.1, 0.15) is 0 Å². The molecule has 3 aromatic rings. The minimum absolute atomic E-state index is 0.0597. The fourth-order valence-corrected chi connectivity index (χ4v) is 3.04. The monoisotopic (exact) mass is 318 g/mol. The van der Waals surface area contributed by atoms with Crippen molar-refractivity contribution in [2.24, 2.45) is 0 Å². The minimum atomic E-state index is -0.609. The molecule has 116 valence electrons. The van der Waals surface area contributed by atoms with Crippen LogP contribution in [0.5, 0.6) is 0 Å². The summed E-state index contributed by atoms with van der Waals surface area (Å²) in [6.07, 6.45) is 0. The van der Waals surface area contributed by atoms with E-state index in [4.69, 9.17) is 0 Å². The van der Waals surface area contributed by atoms with Crippen LogP contribution in [0.4, 0.5) is 5.69 Å². The van der Waals surface area contributed by atoms with Crippen LogP contribution in [-0.2, 0) is 0 Å². The van der Waals surface area contributed by atoms with E-state index in [-0.39, 0.29) is 22.4 Å². The Morgan fingerprint density at radius 1 is 0.833 bits per heavy atom. The molecule has 6 heteroatoms. The lowest BCUT2D eigenvalue weighted by Crippen LogP contribution is -2.20. The lowest BCUT2D eigenvalue weighted by molar-refractivity contribution is -0.384. The first kappa shape index (κ1) is 14.1. The number of nitro groups is 1. The van der Waals surface area contributed by atoms with Gasteiger partial charge in [-0.1, -0.05) is 36.4 Å². The van der Waals surface area contributed by atoms with Crippen LogP contribution >= 0.6 is 0 Å². The summed E-state index contributed by atoms with van der Waals surface area (Å²) in [5.74, 6) is -1.14. The van der Waals surface area contributed by atoms with Crippen LogP contribution in [0.15, 0.2) is 54.6 Å². The third-order valence-electron chi connectivity index (χ3n) is 4.12. The summed E-state index contributed by atoms with van der Waals surface area (Å²) < 4.78 is 0. The lowest BCUT2D eigenvalue weighted by Gasteiger charge is -2.08. The average Bonchev–Trinajstić information content (AvgIpc) is 2.88. The number of nitrogens with one attached hydrogen (secondary N) is 1. The number of nitrogens with zero attached hydrogens (tertiary/aromatic N) is 1. The van der Waals surface area contributed by atoms with Gasteiger partial charge in [-0.2, -0.15) is 0 Å². The van der Waals surface area contributed by atoms with Crippen LogP contribution in [-0.4, -0.2) is 16.7 Å². The average molecular weight is 318 g/mol. The second-order valence-electron chi connectivity index (χ2n) is 5.48. The SMILES string of the molecule is O=C1NC(=O)c2c1ccc([N+](=O)[O-])c2-c1ccc2ccccc2c1. The number of imide groups is 1. The molecule has 0 radical (unpaired) electrons. The first-order chi connectivity index (χ1) is 11.6. The van der Waals surface area contributed by atoms with E-state index in [0.717, 1.165) is 10.8 Å². The van der Waals surface area contributed by atoms with Crippen LogP contribution in [0.25, 0.3) is 21.9 Å².